The molecule has 0 saturated carbocycles. The van der Waals surface area contributed by atoms with Crippen LogP contribution in [0, 0.1) is 0 Å². The largest absolute Gasteiger partial charge is 0.378 e. The summed E-state index contributed by atoms with van der Waals surface area (Å²) in [6, 6.07) is 21.2. The van der Waals surface area contributed by atoms with E-state index in [0.717, 1.165) is 23.0 Å². The Morgan fingerprint density at radius 2 is 1.77 bits per heavy atom. The normalized spacial score (nSPS) is 16.2. The molecule has 3 heteroatoms. The summed E-state index contributed by atoms with van der Waals surface area (Å²) in [7, 11) is 0. The first kappa shape index (κ1) is 14.9. The van der Waals surface area contributed by atoms with Gasteiger partial charge in [-0.3, -0.25) is 4.99 Å². The van der Waals surface area contributed by atoms with Crippen LogP contribution in [0.15, 0.2) is 71.7 Å². The fourth-order valence-corrected chi connectivity index (χ4v) is 3.22. The standard InChI is InChI=1S/C19H20N2S/c1-15(16-8-4-2-5-9-16)21-18(14-19-20-12-13-22-19)17-10-6-3-7-11-17/h2-11,14-15,21H,12-13H2,1H3/b18-14-/t15-/m0/s1. The van der Waals surface area contributed by atoms with E-state index < -0.39 is 0 Å². The summed E-state index contributed by atoms with van der Waals surface area (Å²) in [5.41, 5.74) is 3.61. The zero-order valence-electron chi connectivity index (χ0n) is 12.7. The molecular formula is C19H20N2S. The maximum Gasteiger partial charge on any atom is 0.0926 e. The molecule has 2 aromatic rings. The van der Waals surface area contributed by atoms with Crippen LogP contribution in [0.25, 0.3) is 5.70 Å². The Morgan fingerprint density at radius 3 is 2.41 bits per heavy atom. The molecule has 112 valence electrons. The number of hydrogen-bond donors (Lipinski definition) is 1. The van der Waals surface area contributed by atoms with E-state index in [1.807, 2.05) is 23.9 Å². The van der Waals surface area contributed by atoms with Crippen molar-refractivity contribution < 1.29 is 0 Å². The van der Waals surface area contributed by atoms with Crippen LogP contribution < -0.4 is 5.32 Å². The zero-order chi connectivity index (χ0) is 15.2. The van der Waals surface area contributed by atoms with Crippen LogP contribution in [0.5, 0.6) is 0 Å². The number of hydrogen-bond acceptors (Lipinski definition) is 3. The molecule has 22 heavy (non-hydrogen) atoms. The highest BCUT2D eigenvalue weighted by Gasteiger charge is 2.11. The van der Waals surface area contributed by atoms with Gasteiger partial charge in [-0.1, -0.05) is 60.7 Å². The predicted octanol–water partition coefficient (Wildman–Crippen LogP) is 4.52. The van der Waals surface area contributed by atoms with E-state index in [-0.39, 0.29) is 6.04 Å². The molecule has 0 bridgehead atoms. The molecular weight excluding hydrogens is 288 g/mol. The second-order valence-corrected chi connectivity index (χ2v) is 6.38. The first-order chi connectivity index (χ1) is 10.8. The Morgan fingerprint density at radius 1 is 1.09 bits per heavy atom. The molecule has 0 saturated heterocycles. The van der Waals surface area contributed by atoms with Gasteiger partial charge in [0.15, 0.2) is 0 Å². The number of benzene rings is 2. The van der Waals surface area contributed by atoms with Crippen LogP contribution in [0.3, 0.4) is 0 Å². The lowest BCUT2D eigenvalue weighted by atomic mass is 10.1. The lowest BCUT2D eigenvalue weighted by molar-refractivity contribution is 0.701. The summed E-state index contributed by atoms with van der Waals surface area (Å²) in [4.78, 5) is 4.54. The van der Waals surface area contributed by atoms with Crippen molar-refractivity contribution in [2.24, 2.45) is 4.99 Å². The maximum absolute atomic E-state index is 4.54. The third-order valence-electron chi connectivity index (χ3n) is 3.63. The molecule has 2 aromatic carbocycles. The van der Waals surface area contributed by atoms with E-state index in [1.54, 1.807) is 0 Å². The van der Waals surface area contributed by atoms with Crippen molar-refractivity contribution in [3.05, 3.63) is 77.9 Å². The second kappa shape index (κ2) is 7.32. The number of nitrogens with one attached hydrogen (secondary N) is 1. The Labute approximate surface area is 136 Å². The van der Waals surface area contributed by atoms with E-state index in [4.69, 9.17) is 0 Å². The summed E-state index contributed by atoms with van der Waals surface area (Å²) in [5.74, 6) is 1.09. The van der Waals surface area contributed by atoms with Gasteiger partial charge in [0, 0.05) is 24.0 Å². The van der Waals surface area contributed by atoms with Gasteiger partial charge in [0.1, 0.15) is 0 Å². The summed E-state index contributed by atoms with van der Waals surface area (Å²) in [5, 5.41) is 4.76. The van der Waals surface area contributed by atoms with Crippen LogP contribution in [-0.4, -0.2) is 17.3 Å². The number of rotatable bonds is 5. The smallest absolute Gasteiger partial charge is 0.0926 e. The van der Waals surface area contributed by atoms with Crippen molar-refractivity contribution in [1.82, 2.24) is 5.32 Å². The molecule has 0 fully saturated rings. The minimum absolute atomic E-state index is 0.250. The Hall–Kier alpha value is -2.00. The van der Waals surface area contributed by atoms with Gasteiger partial charge in [0.05, 0.1) is 5.04 Å². The third-order valence-corrected chi connectivity index (χ3v) is 4.56. The minimum atomic E-state index is 0.250. The van der Waals surface area contributed by atoms with E-state index in [1.165, 1.54) is 11.1 Å². The molecule has 0 amide bonds. The van der Waals surface area contributed by atoms with Crippen molar-refractivity contribution in [1.29, 1.82) is 0 Å². The van der Waals surface area contributed by atoms with E-state index in [2.05, 4.69) is 71.8 Å². The highest BCUT2D eigenvalue weighted by atomic mass is 32.2. The summed E-state index contributed by atoms with van der Waals surface area (Å²) in [6.45, 7) is 3.11. The first-order valence-corrected chi connectivity index (χ1v) is 8.57. The van der Waals surface area contributed by atoms with Crippen LogP contribution >= 0.6 is 11.8 Å². The topological polar surface area (TPSA) is 24.4 Å². The van der Waals surface area contributed by atoms with Crippen LogP contribution in [-0.2, 0) is 0 Å². The molecule has 1 atom stereocenters. The van der Waals surface area contributed by atoms with Crippen LogP contribution in [0.4, 0.5) is 0 Å². The second-order valence-electron chi connectivity index (χ2n) is 5.27. The molecule has 0 aromatic heterocycles. The van der Waals surface area contributed by atoms with Crippen molar-refractivity contribution in [2.75, 3.05) is 12.3 Å². The summed E-state index contributed by atoms with van der Waals surface area (Å²) in [6.07, 6.45) is 2.17. The van der Waals surface area contributed by atoms with Gasteiger partial charge in [-0.25, -0.2) is 0 Å². The fraction of sp³-hybridized carbons (Fsp3) is 0.211. The predicted molar refractivity (Wildman–Crippen MR) is 97.2 cm³/mol. The van der Waals surface area contributed by atoms with Gasteiger partial charge in [-0.05, 0) is 24.1 Å². The minimum Gasteiger partial charge on any atom is -0.378 e. The molecule has 0 unspecified atom stereocenters. The average Bonchev–Trinajstić information content (AvgIpc) is 3.09. The van der Waals surface area contributed by atoms with E-state index >= 15 is 0 Å². The highest BCUT2D eigenvalue weighted by molar-refractivity contribution is 8.14. The van der Waals surface area contributed by atoms with Gasteiger partial charge in [-0.2, -0.15) is 0 Å². The van der Waals surface area contributed by atoms with Gasteiger partial charge in [0.2, 0.25) is 0 Å². The monoisotopic (exact) mass is 308 g/mol. The summed E-state index contributed by atoms with van der Waals surface area (Å²) < 4.78 is 0. The van der Waals surface area contributed by atoms with Crippen molar-refractivity contribution >= 4 is 22.5 Å². The molecule has 1 aliphatic rings. The number of thioether (sulfide) groups is 1. The van der Waals surface area contributed by atoms with Gasteiger partial charge < -0.3 is 5.32 Å². The SMILES string of the molecule is C[C@H](N/C(=C\C1=NCCS1)c1ccccc1)c1ccccc1. The molecule has 0 aliphatic carbocycles. The van der Waals surface area contributed by atoms with E-state index in [9.17, 15) is 0 Å². The molecule has 0 spiro atoms. The molecule has 2 nitrogen and oxygen atoms in total. The fourth-order valence-electron chi connectivity index (χ4n) is 2.45. The molecule has 0 radical (unpaired) electrons. The lowest BCUT2D eigenvalue weighted by Gasteiger charge is -2.19. The van der Waals surface area contributed by atoms with Gasteiger partial charge >= 0.3 is 0 Å². The van der Waals surface area contributed by atoms with Crippen LogP contribution in [0.1, 0.15) is 24.1 Å². The molecule has 1 heterocycles. The average molecular weight is 308 g/mol. The molecule has 3 rings (SSSR count). The zero-order valence-corrected chi connectivity index (χ0v) is 13.5. The Bertz CT molecular complexity index is 662. The van der Waals surface area contributed by atoms with Gasteiger partial charge in [0.25, 0.3) is 0 Å². The summed E-state index contributed by atoms with van der Waals surface area (Å²) >= 11 is 1.82. The van der Waals surface area contributed by atoms with Crippen LogP contribution in [0.2, 0.25) is 0 Å². The van der Waals surface area contributed by atoms with E-state index in [0.29, 0.717) is 0 Å². The van der Waals surface area contributed by atoms with Crippen molar-refractivity contribution in [2.45, 2.75) is 13.0 Å². The molecule has 1 aliphatic heterocycles. The number of aliphatic imine (C=N–C) groups is 1. The molecule has 1 N–H and O–H groups in total. The highest BCUT2D eigenvalue weighted by Crippen LogP contribution is 2.22. The van der Waals surface area contributed by atoms with Crippen molar-refractivity contribution in [3.8, 4) is 0 Å². The van der Waals surface area contributed by atoms with Gasteiger partial charge in [-0.15, -0.1) is 11.8 Å². The third kappa shape index (κ3) is 3.80. The lowest BCUT2D eigenvalue weighted by Crippen LogP contribution is -2.17. The maximum atomic E-state index is 4.54. The van der Waals surface area contributed by atoms with Crippen molar-refractivity contribution in [3.63, 3.8) is 0 Å². The Balaban J connectivity index is 1.86. The first-order valence-electron chi connectivity index (χ1n) is 7.59. The quantitative estimate of drug-likeness (QED) is 0.878. The Kier molecular flexibility index (Phi) is 4.96. The number of nitrogens with zero attached hydrogens (tertiary/aromatic N) is 1.